The summed E-state index contributed by atoms with van der Waals surface area (Å²) in [6, 6.07) is 1.54. The fourth-order valence-electron chi connectivity index (χ4n) is 7.06. The first kappa shape index (κ1) is 43.5. The molecule has 4 rings (SSSR count). The van der Waals surface area contributed by atoms with E-state index in [2.05, 4.69) is 33.6 Å². The molecule has 0 bridgehead atoms. The van der Waals surface area contributed by atoms with Crippen LogP contribution in [0.1, 0.15) is 70.9 Å². The van der Waals surface area contributed by atoms with Gasteiger partial charge in [0.05, 0.1) is 11.8 Å². The van der Waals surface area contributed by atoms with E-state index in [0.29, 0.717) is 25.7 Å². The minimum Gasteiger partial charge on any atom is -0.347 e. The van der Waals surface area contributed by atoms with Crippen LogP contribution in [-0.4, -0.2) is 109 Å². The van der Waals surface area contributed by atoms with E-state index in [1.807, 2.05) is 45.0 Å². The van der Waals surface area contributed by atoms with Gasteiger partial charge < -0.3 is 26.2 Å². The Kier molecular flexibility index (Phi) is 14.0. The van der Waals surface area contributed by atoms with Crippen molar-refractivity contribution >= 4 is 39.6 Å². The average Bonchev–Trinajstić information content (AvgIpc) is 3.65. The second-order valence-electron chi connectivity index (χ2n) is 15.8. The molecule has 3 aliphatic rings. The molecule has 55 heavy (non-hydrogen) atoms. The molecule has 304 valence electrons. The molecule has 17 heteroatoms. The van der Waals surface area contributed by atoms with Crippen molar-refractivity contribution in [1.82, 2.24) is 30.5 Å². The first-order valence-corrected chi connectivity index (χ1v) is 20.2. The number of amides is 5. The van der Waals surface area contributed by atoms with Gasteiger partial charge in [0, 0.05) is 44.6 Å². The van der Waals surface area contributed by atoms with Crippen LogP contribution in [0.3, 0.4) is 0 Å². The van der Waals surface area contributed by atoms with Crippen LogP contribution < -0.4 is 21.3 Å². The van der Waals surface area contributed by atoms with Crippen LogP contribution in [0.2, 0.25) is 0 Å². The largest absolute Gasteiger partial charge is 0.389 e. The lowest BCUT2D eigenvalue weighted by molar-refractivity contribution is -0.147. The van der Waals surface area contributed by atoms with Gasteiger partial charge in [-0.25, -0.2) is 17.5 Å². The molecule has 13 nitrogen and oxygen atoms in total. The molecule has 0 radical (unpaired) electrons. The number of halogens is 3. The maximum absolute atomic E-state index is 14.7. The Labute approximate surface area is 320 Å². The third-order valence-corrected chi connectivity index (χ3v) is 12.4. The van der Waals surface area contributed by atoms with E-state index in [0.717, 1.165) is 11.1 Å². The monoisotopic (exact) mass is 794 g/mol. The van der Waals surface area contributed by atoms with Crippen molar-refractivity contribution in [3.8, 4) is 0 Å². The van der Waals surface area contributed by atoms with Crippen LogP contribution in [0.5, 0.6) is 0 Å². The van der Waals surface area contributed by atoms with Crippen molar-refractivity contribution in [1.29, 1.82) is 0 Å². The van der Waals surface area contributed by atoms with Crippen LogP contribution >= 0.6 is 0 Å². The van der Waals surface area contributed by atoms with Crippen LogP contribution in [-0.2, 0) is 42.0 Å². The van der Waals surface area contributed by atoms with E-state index < -0.39 is 100.0 Å². The lowest BCUT2D eigenvalue weighted by Crippen LogP contribution is -2.61. The van der Waals surface area contributed by atoms with Gasteiger partial charge in [0.15, 0.2) is 0 Å². The van der Waals surface area contributed by atoms with E-state index in [-0.39, 0.29) is 31.3 Å². The Morgan fingerprint density at radius 2 is 1.64 bits per heavy atom. The first-order chi connectivity index (χ1) is 25.6. The third kappa shape index (κ3) is 11.7. The standard InChI is InChI=1S/C38H53F3N6O7S/c1-7-11-23-17-19-47(31(23)33(49)43-28(16-18-38(39,40)41)32(48)34(50)42-27-14-15-27)35(51)30(26-20-24-12-9-10-13-25(24)21-26)45-36(52)44-29(37(3,4)5)22-46(6)55(53,54)8-2/h9-13,23,26-31H,1,8,14-22H2,2-6H3,(H,42,50)(H,43,49)(H2,44,45,52)/t23-,28?,29+,30-,31-/m0/s1. The Morgan fingerprint density at radius 1 is 1.02 bits per heavy atom. The van der Waals surface area contributed by atoms with Gasteiger partial charge >= 0.3 is 12.2 Å². The van der Waals surface area contributed by atoms with Gasteiger partial charge in [0.1, 0.15) is 12.1 Å². The van der Waals surface area contributed by atoms with E-state index in [1.54, 1.807) is 0 Å². The summed E-state index contributed by atoms with van der Waals surface area (Å²) in [5.41, 5.74) is 3.96. The molecular weight excluding hydrogens is 742 g/mol. The topological polar surface area (TPSA) is 174 Å². The van der Waals surface area contributed by atoms with Crippen molar-refractivity contribution < 1.29 is 45.6 Å². The Bertz CT molecular complexity index is 1750. The zero-order chi connectivity index (χ0) is 40.9. The molecule has 1 unspecified atom stereocenters. The second-order valence-corrected chi connectivity index (χ2v) is 18.1. The molecule has 1 heterocycles. The number of ketones is 1. The van der Waals surface area contributed by atoms with Crippen molar-refractivity contribution in [2.45, 2.75) is 109 Å². The summed E-state index contributed by atoms with van der Waals surface area (Å²) in [5, 5.41) is 10.5. The van der Waals surface area contributed by atoms with Crippen molar-refractivity contribution in [2.24, 2.45) is 17.3 Å². The van der Waals surface area contributed by atoms with E-state index in [9.17, 15) is 45.6 Å². The number of sulfonamides is 1. The fourth-order valence-corrected chi connectivity index (χ4v) is 7.88. The number of rotatable bonds is 16. The second kappa shape index (κ2) is 17.7. The van der Waals surface area contributed by atoms with Crippen LogP contribution in [0.15, 0.2) is 42.7 Å². The molecule has 1 aromatic carbocycles. The predicted octanol–water partition coefficient (Wildman–Crippen LogP) is 3.00. The van der Waals surface area contributed by atoms with E-state index in [1.165, 1.54) is 29.3 Å². The first-order valence-electron chi connectivity index (χ1n) is 18.6. The lowest BCUT2D eigenvalue weighted by Gasteiger charge is -2.36. The normalized spacial score (nSPS) is 20.5. The van der Waals surface area contributed by atoms with Gasteiger partial charge in [0.2, 0.25) is 27.6 Å². The van der Waals surface area contributed by atoms with Gasteiger partial charge in [-0.15, -0.1) is 5.73 Å². The van der Waals surface area contributed by atoms with Gasteiger partial charge in [-0.2, -0.15) is 13.2 Å². The van der Waals surface area contributed by atoms with Crippen molar-refractivity contribution in [2.75, 3.05) is 25.9 Å². The number of Topliss-reactive ketones (excluding diaryl/α,β-unsaturated/α-hetero) is 1. The van der Waals surface area contributed by atoms with Gasteiger partial charge in [-0.05, 0) is 74.0 Å². The number of nitrogens with zero attached hydrogens (tertiary/aromatic N) is 2. The van der Waals surface area contributed by atoms with Gasteiger partial charge in [-0.1, -0.05) is 51.6 Å². The molecule has 2 aliphatic carbocycles. The third-order valence-electron chi connectivity index (χ3n) is 10.6. The molecule has 5 atom stereocenters. The summed E-state index contributed by atoms with van der Waals surface area (Å²) in [6.45, 7) is 10.6. The molecule has 1 saturated heterocycles. The highest BCUT2D eigenvalue weighted by Gasteiger charge is 2.47. The minimum atomic E-state index is -4.68. The summed E-state index contributed by atoms with van der Waals surface area (Å²) in [5.74, 6) is -5.18. The Hall–Kier alpha value is -4.21. The van der Waals surface area contributed by atoms with Crippen molar-refractivity contribution in [3.63, 3.8) is 0 Å². The predicted molar refractivity (Wildman–Crippen MR) is 199 cm³/mol. The zero-order valence-electron chi connectivity index (χ0n) is 32.0. The maximum atomic E-state index is 14.7. The highest BCUT2D eigenvalue weighted by atomic mass is 32.2. The van der Waals surface area contributed by atoms with Gasteiger partial charge in [0.25, 0.3) is 5.91 Å². The van der Waals surface area contributed by atoms with Crippen LogP contribution in [0, 0.1) is 17.3 Å². The minimum absolute atomic E-state index is 0.0207. The number of nitrogens with one attached hydrogen (secondary N) is 4. The molecule has 0 spiro atoms. The molecule has 1 aromatic rings. The van der Waals surface area contributed by atoms with E-state index >= 15 is 0 Å². The summed E-state index contributed by atoms with van der Waals surface area (Å²) < 4.78 is 66.3. The highest BCUT2D eigenvalue weighted by Crippen LogP contribution is 2.33. The summed E-state index contributed by atoms with van der Waals surface area (Å²) in [7, 11) is -2.16. The van der Waals surface area contributed by atoms with Gasteiger partial charge in [-0.3, -0.25) is 19.2 Å². The summed E-state index contributed by atoms with van der Waals surface area (Å²) in [4.78, 5) is 69.6. The zero-order valence-corrected chi connectivity index (χ0v) is 32.8. The number of fused-ring (bicyclic) bond motifs is 1. The summed E-state index contributed by atoms with van der Waals surface area (Å²) >= 11 is 0. The quantitative estimate of drug-likeness (QED) is 0.147. The molecule has 2 fully saturated rings. The molecule has 5 amide bonds. The maximum Gasteiger partial charge on any atom is 0.389 e. The number of alkyl halides is 3. The molecule has 1 saturated carbocycles. The number of likely N-dealkylation sites (N-methyl/N-ethyl adjacent to an activating group) is 1. The Morgan fingerprint density at radius 3 is 2.16 bits per heavy atom. The Balaban J connectivity index is 1.63. The molecule has 4 N–H and O–H groups in total. The number of hydrogen-bond acceptors (Lipinski definition) is 7. The SMILES string of the molecule is C=C=C[C@H]1CCN(C(=O)[C@@H](NC(=O)N[C@H](CN(C)S(=O)(=O)CC)C(C)(C)C)C2Cc3ccccc3C2)[C@@H]1C(=O)NC(CCC(F)(F)F)C(=O)C(=O)NC1CC1. The number of hydrogen-bond donors (Lipinski definition) is 4. The molecular formula is C38H53F3N6O7S. The van der Waals surface area contributed by atoms with Crippen LogP contribution in [0.4, 0.5) is 18.0 Å². The fraction of sp³-hybridized carbons (Fsp3) is 0.632. The number of benzene rings is 1. The average molecular weight is 795 g/mol. The molecule has 1 aliphatic heterocycles. The smallest absolute Gasteiger partial charge is 0.347 e. The van der Waals surface area contributed by atoms with E-state index in [4.69, 9.17) is 0 Å². The molecule has 0 aromatic heterocycles. The number of urea groups is 1. The highest BCUT2D eigenvalue weighted by molar-refractivity contribution is 7.89. The number of carbonyl (C=O) groups is 5. The van der Waals surface area contributed by atoms with Crippen LogP contribution in [0.25, 0.3) is 0 Å². The lowest BCUT2D eigenvalue weighted by atomic mass is 9.86. The van der Waals surface area contributed by atoms with Crippen molar-refractivity contribution in [3.05, 3.63) is 53.8 Å². The number of likely N-dealkylation sites (tertiary alicyclic amines) is 1. The number of carbonyl (C=O) groups excluding carboxylic acids is 5. The summed E-state index contributed by atoms with van der Waals surface area (Å²) in [6.07, 6.45) is -3.21.